The quantitative estimate of drug-likeness (QED) is 0.748. The van der Waals surface area contributed by atoms with Crippen LogP contribution in [0.3, 0.4) is 0 Å². The van der Waals surface area contributed by atoms with E-state index in [1.807, 2.05) is 24.3 Å². The van der Waals surface area contributed by atoms with Gasteiger partial charge in [0.05, 0.1) is 13.2 Å². The van der Waals surface area contributed by atoms with Crippen molar-refractivity contribution in [2.24, 2.45) is 0 Å². The highest BCUT2D eigenvalue weighted by atomic mass is 35.5. The molecule has 2 N–H and O–H groups in total. The molecule has 112 valence electrons. The van der Waals surface area contributed by atoms with E-state index < -0.39 is 0 Å². The number of nitrogens with one attached hydrogen (secondary N) is 2. The second kappa shape index (κ2) is 5.34. The highest BCUT2D eigenvalue weighted by Gasteiger charge is 2.25. The van der Waals surface area contributed by atoms with Crippen molar-refractivity contribution in [1.82, 2.24) is 10.3 Å². The Morgan fingerprint density at radius 2 is 2.09 bits per heavy atom. The Balaban J connectivity index is 1.87. The molecule has 3 aromatic rings. The summed E-state index contributed by atoms with van der Waals surface area (Å²) < 4.78 is 5.36. The summed E-state index contributed by atoms with van der Waals surface area (Å²) in [6, 6.07) is 14.4. The molecule has 1 aliphatic heterocycles. The first-order valence-corrected chi connectivity index (χ1v) is 7.81. The van der Waals surface area contributed by atoms with Crippen molar-refractivity contribution in [3.8, 4) is 5.75 Å². The molecule has 0 radical (unpaired) electrons. The number of aromatic nitrogens is 1. The minimum absolute atomic E-state index is 0.154. The van der Waals surface area contributed by atoms with Gasteiger partial charge >= 0.3 is 0 Å². The second-order valence-corrected chi connectivity index (χ2v) is 6.06. The van der Waals surface area contributed by atoms with Gasteiger partial charge in [0.25, 0.3) is 0 Å². The average Bonchev–Trinajstić information content (AvgIpc) is 2.92. The maximum Gasteiger partial charge on any atom is 0.119 e. The molecule has 22 heavy (non-hydrogen) atoms. The number of hydrogen-bond donors (Lipinski definition) is 2. The molecule has 1 unspecified atom stereocenters. The van der Waals surface area contributed by atoms with Crippen molar-refractivity contribution in [1.29, 1.82) is 0 Å². The lowest BCUT2D eigenvalue weighted by Gasteiger charge is -2.25. The highest BCUT2D eigenvalue weighted by Crippen LogP contribution is 2.35. The van der Waals surface area contributed by atoms with Gasteiger partial charge in [0.1, 0.15) is 5.75 Å². The number of rotatable bonds is 2. The van der Waals surface area contributed by atoms with E-state index in [-0.39, 0.29) is 6.04 Å². The number of methoxy groups -OCH3 is 1. The second-order valence-electron chi connectivity index (χ2n) is 5.62. The topological polar surface area (TPSA) is 37.0 Å². The Hall–Kier alpha value is -1.97. The first-order valence-electron chi connectivity index (χ1n) is 7.43. The largest absolute Gasteiger partial charge is 0.497 e. The zero-order chi connectivity index (χ0) is 15.1. The van der Waals surface area contributed by atoms with E-state index in [4.69, 9.17) is 16.3 Å². The average molecular weight is 313 g/mol. The minimum Gasteiger partial charge on any atom is -0.497 e. The van der Waals surface area contributed by atoms with Crippen LogP contribution < -0.4 is 10.1 Å². The summed E-state index contributed by atoms with van der Waals surface area (Å²) in [5.74, 6) is 0.895. The van der Waals surface area contributed by atoms with Gasteiger partial charge in [-0.25, -0.2) is 0 Å². The maximum absolute atomic E-state index is 6.15. The van der Waals surface area contributed by atoms with Gasteiger partial charge in [0.2, 0.25) is 0 Å². The number of hydrogen-bond acceptors (Lipinski definition) is 2. The van der Waals surface area contributed by atoms with Crippen LogP contribution in [0.2, 0.25) is 5.02 Å². The molecule has 1 aromatic heterocycles. The molecule has 0 fully saturated rings. The lowest BCUT2D eigenvalue weighted by molar-refractivity contribution is 0.415. The first-order chi connectivity index (χ1) is 10.8. The summed E-state index contributed by atoms with van der Waals surface area (Å²) in [5.41, 5.74) is 4.95. The molecule has 0 saturated heterocycles. The molecule has 0 saturated carbocycles. The zero-order valence-corrected chi connectivity index (χ0v) is 13.1. The molecule has 0 amide bonds. The van der Waals surface area contributed by atoms with Crippen molar-refractivity contribution < 1.29 is 4.74 Å². The number of fused-ring (bicyclic) bond motifs is 3. The van der Waals surface area contributed by atoms with E-state index in [0.29, 0.717) is 0 Å². The lowest BCUT2D eigenvalue weighted by atomic mass is 9.94. The van der Waals surface area contributed by atoms with Gasteiger partial charge in [-0.2, -0.15) is 0 Å². The van der Waals surface area contributed by atoms with Crippen molar-refractivity contribution in [2.75, 3.05) is 13.7 Å². The summed E-state index contributed by atoms with van der Waals surface area (Å²) in [6.45, 7) is 0.953. The van der Waals surface area contributed by atoms with Crippen molar-refractivity contribution in [2.45, 2.75) is 12.5 Å². The third-order valence-corrected chi connectivity index (χ3v) is 4.58. The summed E-state index contributed by atoms with van der Waals surface area (Å²) in [5, 5.41) is 5.61. The minimum atomic E-state index is 0.154. The molecule has 4 heteroatoms. The molecule has 2 aromatic carbocycles. The third-order valence-electron chi connectivity index (χ3n) is 4.34. The monoisotopic (exact) mass is 312 g/mol. The van der Waals surface area contributed by atoms with Gasteiger partial charge < -0.3 is 15.0 Å². The Bertz CT molecular complexity index is 840. The van der Waals surface area contributed by atoms with Gasteiger partial charge in [-0.1, -0.05) is 23.7 Å². The van der Waals surface area contributed by atoms with Crippen LogP contribution in [0.25, 0.3) is 10.9 Å². The maximum atomic E-state index is 6.15. The van der Waals surface area contributed by atoms with Crippen LogP contribution in [0.5, 0.6) is 5.75 Å². The van der Waals surface area contributed by atoms with Crippen LogP contribution in [0.15, 0.2) is 42.5 Å². The van der Waals surface area contributed by atoms with Gasteiger partial charge in [-0.05, 0) is 47.9 Å². The van der Waals surface area contributed by atoms with Crippen LogP contribution >= 0.6 is 11.6 Å². The molecule has 2 heterocycles. The summed E-state index contributed by atoms with van der Waals surface area (Å²) in [6.07, 6.45) is 1.01. The number of H-pyrrole nitrogens is 1. The van der Waals surface area contributed by atoms with Crippen LogP contribution in [0.1, 0.15) is 22.9 Å². The van der Waals surface area contributed by atoms with Crippen LogP contribution in [-0.2, 0) is 6.42 Å². The summed E-state index contributed by atoms with van der Waals surface area (Å²) in [7, 11) is 1.70. The third kappa shape index (κ3) is 2.18. The predicted octanol–water partition coefficient (Wildman–Crippen LogP) is 4.07. The van der Waals surface area contributed by atoms with E-state index in [1.54, 1.807) is 7.11 Å². The van der Waals surface area contributed by atoms with Crippen LogP contribution in [0.4, 0.5) is 0 Å². The molecule has 4 rings (SSSR count). The molecular formula is C18H17ClN2O. The fourth-order valence-corrected chi connectivity index (χ4v) is 3.50. The molecule has 0 bridgehead atoms. The fraction of sp³-hybridized carbons (Fsp3) is 0.222. The predicted molar refractivity (Wildman–Crippen MR) is 89.9 cm³/mol. The van der Waals surface area contributed by atoms with Gasteiger partial charge in [0, 0.05) is 28.2 Å². The number of ether oxygens (including phenoxy) is 1. The first kappa shape index (κ1) is 13.7. The SMILES string of the molecule is COc1ccc2[nH]c3c(c2c1)CCNC3c1cccc(Cl)c1. The van der Waals surface area contributed by atoms with Gasteiger partial charge in [-0.3, -0.25) is 0 Å². The molecule has 3 nitrogen and oxygen atoms in total. The molecule has 0 aliphatic carbocycles. The van der Waals surface area contributed by atoms with E-state index in [2.05, 4.69) is 28.5 Å². The van der Waals surface area contributed by atoms with E-state index in [1.165, 1.54) is 22.2 Å². The Labute approximate surface area is 134 Å². The van der Waals surface area contributed by atoms with Crippen molar-refractivity contribution in [3.05, 3.63) is 64.3 Å². The standard InChI is InChI=1S/C18H17ClN2O/c1-22-13-5-6-16-15(10-13)14-7-8-20-17(18(14)21-16)11-3-2-4-12(19)9-11/h2-6,9-10,17,20-21H,7-8H2,1H3. The highest BCUT2D eigenvalue weighted by molar-refractivity contribution is 6.30. The Kier molecular flexibility index (Phi) is 3.32. The normalized spacial score (nSPS) is 17.5. The number of halogens is 1. The summed E-state index contributed by atoms with van der Waals surface area (Å²) >= 11 is 6.15. The van der Waals surface area contributed by atoms with E-state index >= 15 is 0 Å². The van der Waals surface area contributed by atoms with E-state index in [0.717, 1.165) is 29.3 Å². The molecule has 0 spiro atoms. The Morgan fingerprint density at radius 1 is 1.18 bits per heavy atom. The van der Waals surface area contributed by atoms with Gasteiger partial charge in [0.15, 0.2) is 0 Å². The smallest absolute Gasteiger partial charge is 0.119 e. The van der Waals surface area contributed by atoms with Gasteiger partial charge in [-0.15, -0.1) is 0 Å². The number of aromatic amines is 1. The van der Waals surface area contributed by atoms with Crippen LogP contribution in [0, 0.1) is 0 Å². The van der Waals surface area contributed by atoms with Crippen molar-refractivity contribution >= 4 is 22.5 Å². The fourth-order valence-electron chi connectivity index (χ4n) is 3.30. The van der Waals surface area contributed by atoms with Crippen molar-refractivity contribution in [3.63, 3.8) is 0 Å². The zero-order valence-electron chi connectivity index (χ0n) is 12.3. The van der Waals surface area contributed by atoms with Crippen LogP contribution in [-0.4, -0.2) is 18.6 Å². The summed E-state index contributed by atoms with van der Waals surface area (Å²) in [4.78, 5) is 3.57. The number of benzene rings is 2. The molecule has 1 aliphatic rings. The Morgan fingerprint density at radius 3 is 2.91 bits per heavy atom. The van der Waals surface area contributed by atoms with E-state index in [9.17, 15) is 0 Å². The molecular weight excluding hydrogens is 296 g/mol. The molecule has 1 atom stereocenters. The lowest BCUT2D eigenvalue weighted by Crippen LogP contribution is -2.30.